The molecule has 1 atom stereocenters. The van der Waals surface area contributed by atoms with Gasteiger partial charge < -0.3 is 15.2 Å². The molecule has 0 spiro atoms. The molecule has 0 aliphatic rings. The predicted molar refractivity (Wildman–Crippen MR) is 75.9 cm³/mol. The van der Waals surface area contributed by atoms with Gasteiger partial charge in [0.1, 0.15) is 11.8 Å². The van der Waals surface area contributed by atoms with Gasteiger partial charge in [0.15, 0.2) is 0 Å². The molecule has 0 aromatic heterocycles. The fraction of sp³-hybridized carbons (Fsp3) is 0.467. The number of hydrogen-bond donors (Lipinski definition) is 2. The Bertz CT molecular complexity index is 485. The first-order chi connectivity index (χ1) is 9.40. The quantitative estimate of drug-likeness (QED) is 0.749. The van der Waals surface area contributed by atoms with Crippen molar-refractivity contribution >= 4 is 11.9 Å². The van der Waals surface area contributed by atoms with Gasteiger partial charge in [-0.2, -0.15) is 0 Å². The molecule has 1 amide bonds. The minimum atomic E-state index is -1.04. The molecule has 0 radical (unpaired) electrons. The summed E-state index contributed by atoms with van der Waals surface area (Å²) in [6.45, 7) is 5.86. The number of carboxylic acids is 1. The van der Waals surface area contributed by atoms with Gasteiger partial charge in [0, 0.05) is 6.42 Å². The van der Waals surface area contributed by atoms with Crippen LogP contribution in [0.25, 0.3) is 0 Å². The zero-order valence-corrected chi connectivity index (χ0v) is 12.1. The van der Waals surface area contributed by atoms with E-state index in [1.54, 1.807) is 0 Å². The van der Waals surface area contributed by atoms with Gasteiger partial charge in [0.25, 0.3) is 0 Å². The number of ether oxygens (including phenoxy) is 1. The first kappa shape index (κ1) is 16.0. The second kappa shape index (κ2) is 7.53. The number of rotatable bonds is 7. The number of aryl methyl sites for hydroxylation is 2. The normalized spacial score (nSPS) is 11.8. The van der Waals surface area contributed by atoms with Gasteiger partial charge in [0.2, 0.25) is 5.91 Å². The van der Waals surface area contributed by atoms with Crippen LogP contribution in [-0.4, -0.2) is 29.6 Å². The Morgan fingerprint density at radius 1 is 1.35 bits per heavy atom. The molecular weight excluding hydrogens is 258 g/mol. The Morgan fingerprint density at radius 2 is 2.05 bits per heavy atom. The fourth-order valence-electron chi connectivity index (χ4n) is 1.75. The molecule has 1 aromatic rings. The number of carbonyl (C=O) groups is 2. The number of hydrogen-bond acceptors (Lipinski definition) is 3. The molecule has 5 heteroatoms. The molecule has 0 saturated carbocycles. The third-order valence-electron chi connectivity index (χ3n) is 2.88. The van der Waals surface area contributed by atoms with Crippen LogP contribution in [0.1, 0.15) is 30.9 Å². The van der Waals surface area contributed by atoms with Gasteiger partial charge in [-0.3, -0.25) is 9.59 Å². The topological polar surface area (TPSA) is 75.6 Å². The van der Waals surface area contributed by atoms with Gasteiger partial charge >= 0.3 is 5.97 Å². The van der Waals surface area contributed by atoms with Crippen molar-refractivity contribution in [2.75, 3.05) is 6.61 Å². The Morgan fingerprint density at radius 3 is 2.65 bits per heavy atom. The van der Waals surface area contributed by atoms with E-state index >= 15 is 0 Å². The molecule has 0 aliphatic carbocycles. The zero-order valence-electron chi connectivity index (χ0n) is 12.1. The van der Waals surface area contributed by atoms with Crippen LogP contribution >= 0.6 is 0 Å². The summed E-state index contributed by atoms with van der Waals surface area (Å²) in [6.07, 6.45) is 0.800. The molecule has 1 aromatic carbocycles. The molecule has 0 bridgehead atoms. The minimum absolute atomic E-state index is 0.253. The smallest absolute Gasteiger partial charge is 0.325 e. The second-order valence-electron chi connectivity index (χ2n) is 4.85. The second-order valence-corrected chi connectivity index (χ2v) is 4.85. The Kier molecular flexibility index (Phi) is 6.03. The third-order valence-corrected chi connectivity index (χ3v) is 2.88. The molecular formula is C15H21NO4. The van der Waals surface area contributed by atoms with Crippen molar-refractivity contribution in [2.24, 2.45) is 0 Å². The van der Waals surface area contributed by atoms with Crippen LogP contribution in [0.2, 0.25) is 0 Å². The van der Waals surface area contributed by atoms with Gasteiger partial charge in [-0.1, -0.05) is 17.7 Å². The van der Waals surface area contributed by atoms with Crippen molar-refractivity contribution in [3.05, 3.63) is 29.3 Å². The number of aliphatic carboxylic acids is 1. The van der Waals surface area contributed by atoms with Crippen LogP contribution in [0.3, 0.4) is 0 Å². The lowest BCUT2D eigenvalue weighted by Crippen LogP contribution is -2.38. The monoisotopic (exact) mass is 279 g/mol. The fourth-order valence-corrected chi connectivity index (χ4v) is 1.75. The van der Waals surface area contributed by atoms with Crippen LogP contribution in [0, 0.1) is 13.8 Å². The van der Waals surface area contributed by atoms with Crippen LogP contribution < -0.4 is 10.1 Å². The van der Waals surface area contributed by atoms with Gasteiger partial charge in [-0.15, -0.1) is 0 Å². The van der Waals surface area contributed by atoms with E-state index in [4.69, 9.17) is 9.84 Å². The first-order valence-corrected chi connectivity index (χ1v) is 6.62. The summed E-state index contributed by atoms with van der Waals surface area (Å²) < 4.78 is 5.60. The van der Waals surface area contributed by atoms with Crippen molar-refractivity contribution in [3.63, 3.8) is 0 Å². The van der Waals surface area contributed by atoms with Gasteiger partial charge in [-0.25, -0.2) is 0 Å². The highest BCUT2D eigenvalue weighted by atomic mass is 16.5. The molecule has 20 heavy (non-hydrogen) atoms. The van der Waals surface area contributed by atoms with Crippen molar-refractivity contribution in [1.82, 2.24) is 5.32 Å². The van der Waals surface area contributed by atoms with E-state index in [-0.39, 0.29) is 12.3 Å². The first-order valence-electron chi connectivity index (χ1n) is 6.62. The van der Waals surface area contributed by atoms with Crippen molar-refractivity contribution in [3.8, 4) is 5.75 Å². The molecule has 0 saturated heterocycles. The summed E-state index contributed by atoms with van der Waals surface area (Å²) in [4.78, 5) is 22.0. The molecule has 0 heterocycles. The summed E-state index contributed by atoms with van der Waals surface area (Å²) >= 11 is 0. The number of carbonyl (C=O) groups excluding carboxylic acids is 1. The van der Waals surface area contributed by atoms with E-state index < -0.39 is 12.0 Å². The molecule has 0 fully saturated rings. The molecule has 1 rings (SSSR count). The highest BCUT2D eigenvalue weighted by Gasteiger charge is 2.13. The standard InChI is InChI=1S/C15H21NO4/c1-10-6-7-13(11(2)9-10)20-8-4-5-14(17)16-12(3)15(18)19/h6-7,9,12H,4-5,8H2,1-3H3,(H,16,17)(H,18,19). The maximum atomic E-state index is 11.5. The van der Waals surface area contributed by atoms with Crippen LogP contribution in [0.15, 0.2) is 18.2 Å². The van der Waals surface area contributed by atoms with Gasteiger partial charge in [-0.05, 0) is 38.8 Å². The predicted octanol–water partition coefficient (Wildman–Crippen LogP) is 2.05. The highest BCUT2D eigenvalue weighted by molar-refractivity contribution is 5.83. The number of benzene rings is 1. The molecule has 2 N–H and O–H groups in total. The maximum Gasteiger partial charge on any atom is 0.325 e. The summed E-state index contributed by atoms with van der Waals surface area (Å²) in [5, 5.41) is 11.1. The van der Waals surface area contributed by atoms with E-state index in [2.05, 4.69) is 5.32 Å². The summed E-state index contributed by atoms with van der Waals surface area (Å²) in [6, 6.07) is 5.07. The van der Waals surface area contributed by atoms with E-state index in [1.807, 2.05) is 32.0 Å². The van der Waals surface area contributed by atoms with Gasteiger partial charge in [0.05, 0.1) is 6.61 Å². The van der Waals surface area contributed by atoms with Crippen molar-refractivity contribution in [2.45, 2.75) is 39.7 Å². The largest absolute Gasteiger partial charge is 0.493 e. The average Bonchev–Trinajstić information content (AvgIpc) is 2.36. The Hall–Kier alpha value is -2.04. The molecule has 1 unspecified atom stereocenters. The van der Waals surface area contributed by atoms with Crippen LogP contribution in [0.5, 0.6) is 5.75 Å². The van der Waals surface area contributed by atoms with E-state index in [1.165, 1.54) is 12.5 Å². The number of carboxylic acid groups (broad SMARTS) is 1. The van der Waals surface area contributed by atoms with E-state index in [0.29, 0.717) is 13.0 Å². The SMILES string of the molecule is Cc1ccc(OCCCC(=O)NC(C)C(=O)O)c(C)c1. The number of amides is 1. The summed E-state index contributed by atoms with van der Waals surface area (Å²) in [7, 11) is 0. The number of nitrogens with one attached hydrogen (secondary N) is 1. The Balaban J connectivity index is 2.28. The molecule has 5 nitrogen and oxygen atoms in total. The lowest BCUT2D eigenvalue weighted by atomic mass is 10.1. The van der Waals surface area contributed by atoms with Crippen molar-refractivity contribution < 1.29 is 19.4 Å². The Labute approximate surface area is 118 Å². The van der Waals surface area contributed by atoms with Crippen molar-refractivity contribution in [1.29, 1.82) is 0 Å². The van der Waals surface area contributed by atoms with E-state index in [9.17, 15) is 9.59 Å². The van der Waals surface area contributed by atoms with Crippen LogP contribution in [0.4, 0.5) is 0 Å². The van der Waals surface area contributed by atoms with Crippen LogP contribution in [-0.2, 0) is 9.59 Å². The summed E-state index contributed by atoms with van der Waals surface area (Å²) in [5.74, 6) is -0.496. The molecule has 110 valence electrons. The third kappa shape index (κ3) is 5.30. The molecule has 0 aliphatic heterocycles. The average molecular weight is 279 g/mol. The zero-order chi connectivity index (χ0) is 15.1. The lowest BCUT2D eigenvalue weighted by molar-refractivity contribution is -0.141. The minimum Gasteiger partial charge on any atom is -0.493 e. The maximum absolute atomic E-state index is 11.5. The van der Waals surface area contributed by atoms with E-state index in [0.717, 1.165) is 11.3 Å². The lowest BCUT2D eigenvalue weighted by Gasteiger charge is -2.11. The highest BCUT2D eigenvalue weighted by Crippen LogP contribution is 2.18. The summed E-state index contributed by atoms with van der Waals surface area (Å²) in [5.41, 5.74) is 2.24.